The van der Waals surface area contributed by atoms with Gasteiger partial charge in [0.2, 0.25) is 5.91 Å². The highest BCUT2D eigenvalue weighted by atomic mass is 32.2. The molecule has 2 rings (SSSR count). The lowest BCUT2D eigenvalue weighted by Crippen LogP contribution is -2.38. The molecule has 1 aromatic carbocycles. The number of aryl methyl sites for hydroxylation is 2. The van der Waals surface area contributed by atoms with Gasteiger partial charge in [0.05, 0.1) is 11.7 Å². The second-order valence-corrected chi connectivity index (χ2v) is 6.64. The van der Waals surface area contributed by atoms with Crippen molar-refractivity contribution >= 4 is 23.6 Å². The van der Waals surface area contributed by atoms with Crippen molar-refractivity contribution in [1.82, 2.24) is 4.90 Å². The van der Waals surface area contributed by atoms with E-state index in [2.05, 4.69) is 6.07 Å². The van der Waals surface area contributed by atoms with Gasteiger partial charge in [-0.25, -0.2) is 0 Å². The SMILES string of the molecule is Cc1ccc(SCC(=O)N2CCC(C(=O)O)C2C)c(C)c1. The number of carboxylic acids is 1. The Bertz CT molecular complexity index is 558. The second kappa shape index (κ2) is 6.52. The first-order valence-electron chi connectivity index (χ1n) is 7.12. The molecule has 0 bridgehead atoms. The largest absolute Gasteiger partial charge is 0.481 e. The molecule has 2 atom stereocenters. The summed E-state index contributed by atoms with van der Waals surface area (Å²) in [6.45, 7) is 6.46. The summed E-state index contributed by atoms with van der Waals surface area (Å²) >= 11 is 1.52. The Labute approximate surface area is 129 Å². The van der Waals surface area contributed by atoms with Crippen LogP contribution in [0.3, 0.4) is 0 Å². The first kappa shape index (κ1) is 15.9. The fourth-order valence-corrected chi connectivity index (χ4v) is 3.70. The summed E-state index contributed by atoms with van der Waals surface area (Å²) in [5.41, 5.74) is 2.38. The molecule has 1 fully saturated rings. The van der Waals surface area contributed by atoms with E-state index in [9.17, 15) is 9.59 Å². The fourth-order valence-electron chi connectivity index (χ4n) is 2.81. The van der Waals surface area contributed by atoms with Crippen LogP contribution in [-0.4, -0.2) is 40.2 Å². The molecule has 1 amide bonds. The average Bonchev–Trinajstić information content (AvgIpc) is 2.79. The van der Waals surface area contributed by atoms with Crippen LogP contribution in [0, 0.1) is 19.8 Å². The van der Waals surface area contributed by atoms with E-state index in [0.717, 1.165) is 4.90 Å². The highest BCUT2D eigenvalue weighted by molar-refractivity contribution is 8.00. The van der Waals surface area contributed by atoms with Crippen molar-refractivity contribution in [2.24, 2.45) is 5.92 Å². The molecule has 1 saturated heterocycles. The van der Waals surface area contributed by atoms with Crippen LogP contribution in [-0.2, 0) is 9.59 Å². The molecule has 1 N–H and O–H groups in total. The minimum Gasteiger partial charge on any atom is -0.481 e. The van der Waals surface area contributed by atoms with Gasteiger partial charge in [-0.2, -0.15) is 0 Å². The summed E-state index contributed by atoms with van der Waals surface area (Å²) in [6, 6.07) is 5.97. The monoisotopic (exact) mass is 307 g/mol. The summed E-state index contributed by atoms with van der Waals surface area (Å²) in [5.74, 6) is -0.850. The van der Waals surface area contributed by atoms with Crippen molar-refractivity contribution < 1.29 is 14.7 Å². The van der Waals surface area contributed by atoms with E-state index in [1.807, 2.05) is 32.9 Å². The standard InChI is InChI=1S/C16H21NO3S/c1-10-4-5-14(11(2)8-10)21-9-15(18)17-7-6-13(12(17)3)16(19)20/h4-5,8,12-13H,6-7,9H2,1-3H3,(H,19,20). The molecule has 1 aliphatic heterocycles. The molecule has 5 heteroatoms. The Kier molecular flexibility index (Phi) is 4.93. The molecule has 1 heterocycles. The number of rotatable bonds is 4. The number of carbonyl (C=O) groups excluding carboxylic acids is 1. The zero-order valence-corrected chi connectivity index (χ0v) is 13.4. The lowest BCUT2D eigenvalue weighted by molar-refractivity contribution is -0.142. The van der Waals surface area contributed by atoms with Crippen LogP contribution >= 0.6 is 11.8 Å². The number of benzene rings is 1. The van der Waals surface area contributed by atoms with Crippen molar-refractivity contribution in [2.45, 2.75) is 38.1 Å². The molecule has 21 heavy (non-hydrogen) atoms. The molecule has 1 aromatic rings. The smallest absolute Gasteiger partial charge is 0.308 e. The second-order valence-electron chi connectivity index (χ2n) is 5.62. The zero-order chi connectivity index (χ0) is 15.6. The molecule has 0 aliphatic carbocycles. The number of likely N-dealkylation sites (tertiary alicyclic amines) is 1. The predicted molar refractivity (Wildman–Crippen MR) is 83.6 cm³/mol. The highest BCUT2D eigenvalue weighted by Crippen LogP contribution is 2.27. The summed E-state index contributed by atoms with van der Waals surface area (Å²) in [7, 11) is 0. The lowest BCUT2D eigenvalue weighted by atomic mass is 10.0. The van der Waals surface area contributed by atoms with Crippen molar-refractivity contribution in [3.8, 4) is 0 Å². The van der Waals surface area contributed by atoms with Gasteiger partial charge in [-0.05, 0) is 38.8 Å². The Hall–Kier alpha value is -1.49. The maximum absolute atomic E-state index is 12.3. The predicted octanol–water partition coefficient (Wildman–Crippen LogP) is 2.72. The number of carboxylic acid groups (broad SMARTS) is 1. The summed E-state index contributed by atoms with van der Waals surface area (Å²) in [4.78, 5) is 26.2. The third-order valence-electron chi connectivity index (χ3n) is 4.07. The van der Waals surface area contributed by atoms with Crippen LogP contribution in [0.15, 0.2) is 23.1 Å². The van der Waals surface area contributed by atoms with Crippen molar-refractivity contribution in [2.75, 3.05) is 12.3 Å². The topological polar surface area (TPSA) is 57.6 Å². The van der Waals surface area contributed by atoms with E-state index in [1.165, 1.54) is 22.9 Å². The van der Waals surface area contributed by atoms with Crippen molar-refractivity contribution in [1.29, 1.82) is 0 Å². The minimum atomic E-state index is -0.806. The van der Waals surface area contributed by atoms with Gasteiger partial charge in [-0.3, -0.25) is 9.59 Å². The van der Waals surface area contributed by atoms with E-state index in [4.69, 9.17) is 5.11 Å². The summed E-state index contributed by atoms with van der Waals surface area (Å²) < 4.78 is 0. The molecule has 0 aromatic heterocycles. The lowest BCUT2D eigenvalue weighted by Gasteiger charge is -2.23. The maximum atomic E-state index is 12.3. The van der Waals surface area contributed by atoms with Gasteiger partial charge in [0.15, 0.2) is 0 Å². The Morgan fingerprint density at radius 2 is 2.10 bits per heavy atom. The van der Waals surface area contributed by atoms with E-state index in [-0.39, 0.29) is 11.9 Å². The number of aliphatic carboxylic acids is 1. The third kappa shape index (κ3) is 3.59. The van der Waals surface area contributed by atoms with Crippen molar-refractivity contribution in [3.63, 3.8) is 0 Å². The number of nitrogens with zero attached hydrogens (tertiary/aromatic N) is 1. The maximum Gasteiger partial charge on any atom is 0.308 e. The molecule has 0 radical (unpaired) electrons. The first-order valence-corrected chi connectivity index (χ1v) is 8.11. The molecule has 0 spiro atoms. The molecule has 2 unspecified atom stereocenters. The number of hydrogen-bond donors (Lipinski definition) is 1. The highest BCUT2D eigenvalue weighted by Gasteiger charge is 2.37. The van der Waals surface area contributed by atoms with Crippen LogP contribution in [0.25, 0.3) is 0 Å². The average molecular weight is 307 g/mol. The number of hydrogen-bond acceptors (Lipinski definition) is 3. The minimum absolute atomic E-state index is 0.0243. The van der Waals surface area contributed by atoms with Crippen LogP contribution in [0.2, 0.25) is 0 Å². The molecular formula is C16H21NO3S. The Morgan fingerprint density at radius 3 is 2.67 bits per heavy atom. The molecular weight excluding hydrogens is 286 g/mol. The first-order chi connectivity index (χ1) is 9.90. The summed E-state index contributed by atoms with van der Waals surface area (Å²) in [5, 5.41) is 9.11. The third-order valence-corrected chi connectivity index (χ3v) is 5.23. The molecule has 4 nitrogen and oxygen atoms in total. The fraction of sp³-hybridized carbons (Fsp3) is 0.500. The van der Waals surface area contributed by atoms with Crippen LogP contribution in [0.1, 0.15) is 24.5 Å². The van der Waals surface area contributed by atoms with Crippen molar-refractivity contribution in [3.05, 3.63) is 29.3 Å². The van der Waals surface area contributed by atoms with Crippen LogP contribution in [0.5, 0.6) is 0 Å². The zero-order valence-electron chi connectivity index (χ0n) is 12.6. The van der Waals surface area contributed by atoms with E-state index < -0.39 is 11.9 Å². The Balaban J connectivity index is 1.95. The van der Waals surface area contributed by atoms with Crippen LogP contribution < -0.4 is 0 Å². The Morgan fingerprint density at radius 1 is 1.38 bits per heavy atom. The molecule has 0 saturated carbocycles. The normalized spacial score (nSPS) is 21.6. The van der Waals surface area contributed by atoms with Gasteiger partial charge in [0, 0.05) is 17.5 Å². The van der Waals surface area contributed by atoms with E-state index >= 15 is 0 Å². The van der Waals surface area contributed by atoms with Gasteiger partial charge < -0.3 is 10.0 Å². The molecule has 1 aliphatic rings. The quantitative estimate of drug-likeness (QED) is 0.869. The number of carbonyl (C=O) groups is 2. The van der Waals surface area contributed by atoms with Gasteiger partial charge in [-0.1, -0.05) is 17.7 Å². The van der Waals surface area contributed by atoms with Gasteiger partial charge >= 0.3 is 5.97 Å². The van der Waals surface area contributed by atoms with E-state index in [1.54, 1.807) is 4.90 Å². The summed E-state index contributed by atoms with van der Waals surface area (Å²) in [6.07, 6.45) is 0.552. The van der Waals surface area contributed by atoms with E-state index in [0.29, 0.717) is 18.7 Å². The number of amides is 1. The number of thioether (sulfide) groups is 1. The van der Waals surface area contributed by atoms with Gasteiger partial charge in [0.1, 0.15) is 0 Å². The van der Waals surface area contributed by atoms with Gasteiger partial charge in [-0.15, -0.1) is 11.8 Å². The molecule has 114 valence electrons. The van der Waals surface area contributed by atoms with Crippen LogP contribution in [0.4, 0.5) is 0 Å². The van der Waals surface area contributed by atoms with Gasteiger partial charge in [0.25, 0.3) is 0 Å².